The van der Waals surface area contributed by atoms with Gasteiger partial charge in [0.05, 0.1) is 16.1 Å². The van der Waals surface area contributed by atoms with Crippen molar-refractivity contribution in [3.8, 4) is 5.75 Å². The predicted octanol–water partition coefficient (Wildman–Crippen LogP) is 5.68. The highest BCUT2D eigenvalue weighted by molar-refractivity contribution is 9.10. The second kappa shape index (κ2) is 8.06. The lowest BCUT2D eigenvalue weighted by molar-refractivity contribution is -0.137. The Morgan fingerprint density at radius 2 is 1.77 bits per heavy atom. The summed E-state index contributed by atoms with van der Waals surface area (Å²) in [4.78, 5) is 11.8. The van der Waals surface area contributed by atoms with E-state index in [9.17, 15) is 18.0 Å². The molecule has 0 heterocycles. The molecule has 1 aromatic carbocycles. The van der Waals surface area contributed by atoms with Crippen molar-refractivity contribution < 1.29 is 27.4 Å². The predicted molar refractivity (Wildman–Crippen MR) is 95.2 cm³/mol. The van der Waals surface area contributed by atoms with E-state index in [4.69, 9.17) is 9.47 Å². The number of hydrogen-bond acceptors (Lipinski definition) is 3. The SMILES string of the molecule is CC(C)(C)OC(=O)N[C@H]1CC[C@H](Oc2ccc(C(F)(F)F)cc2Br)CC1. The molecule has 1 saturated carbocycles. The molecule has 0 spiro atoms. The van der Waals surface area contributed by atoms with Gasteiger partial charge in [0.1, 0.15) is 11.4 Å². The minimum absolute atomic E-state index is 0.0146. The van der Waals surface area contributed by atoms with Gasteiger partial charge in [-0.2, -0.15) is 13.2 Å². The Labute approximate surface area is 159 Å². The quantitative estimate of drug-likeness (QED) is 0.661. The fourth-order valence-electron chi connectivity index (χ4n) is 2.75. The fraction of sp³-hybridized carbons (Fsp3) is 0.611. The lowest BCUT2D eigenvalue weighted by atomic mass is 9.93. The number of ether oxygens (including phenoxy) is 2. The Hall–Kier alpha value is -1.44. The number of halogens is 4. The molecule has 0 unspecified atom stereocenters. The monoisotopic (exact) mass is 437 g/mol. The van der Waals surface area contributed by atoms with Crippen molar-refractivity contribution in [1.82, 2.24) is 5.32 Å². The standard InChI is InChI=1S/C18H23BrF3NO3/c1-17(2,3)26-16(24)23-12-5-7-13(8-6-12)25-15-9-4-11(10-14(15)19)18(20,21)22/h4,9-10,12-13H,5-8H2,1-3H3,(H,23,24)/t12-,13-. The van der Waals surface area contributed by atoms with Crippen LogP contribution in [-0.2, 0) is 10.9 Å². The molecule has 1 aliphatic carbocycles. The van der Waals surface area contributed by atoms with Crippen molar-refractivity contribution in [2.45, 2.75) is 70.4 Å². The first kappa shape index (κ1) is 20.9. The maximum absolute atomic E-state index is 12.7. The van der Waals surface area contributed by atoms with Gasteiger partial charge in [-0.1, -0.05) is 0 Å². The molecule has 1 fully saturated rings. The van der Waals surface area contributed by atoms with Crippen LogP contribution in [0.15, 0.2) is 22.7 Å². The Bertz CT molecular complexity index is 636. The third-order valence-electron chi connectivity index (χ3n) is 3.95. The van der Waals surface area contributed by atoms with Crippen molar-refractivity contribution in [2.75, 3.05) is 0 Å². The van der Waals surface area contributed by atoms with Crippen LogP contribution in [-0.4, -0.2) is 23.8 Å². The topological polar surface area (TPSA) is 47.6 Å². The molecular formula is C18H23BrF3NO3. The van der Waals surface area contributed by atoms with Gasteiger partial charge in [0.2, 0.25) is 0 Å². The number of carbonyl (C=O) groups is 1. The van der Waals surface area contributed by atoms with E-state index in [1.807, 2.05) is 0 Å². The molecule has 1 amide bonds. The second-order valence-corrected chi connectivity index (χ2v) is 8.24. The molecule has 4 nitrogen and oxygen atoms in total. The molecular weight excluding hydrogens is 415 g/mol. The molecule has 1 aliphatic rings. The zero-order valence-corrected chi connectivity index (χ0v) is 16.5. The zero-order chi connectivity index (χ0) is 19.5. The van der Waals surface area contributed by atoms with Gasteiger partial charge in [-0.15, -0.1) is 0 Å². The number of hydrogen-bond donors (Lipinski definition) is 1. The molecule has 8 heteroatoms. The average molecular weight is 438 g/mol. The van der Waals surface area contributed by atoms with E-state index < -0.39 is 23.4 Å². The van der Waals surface area contributed by atoms with Gasteiger partial charge in [-0.3, -0.25) is 0 Å². The lowest BCUT2D eigenvalue weighted by Gasteiger charge is -2.30. The maximum Gasteiger partial charge on any atom is 0.416 e. The normalized spacial score (nSPS) is 21.2. The van der Waals surface area contributed by atoms with Gasteiger partial charge in [0.25, 0.3) is 0 Å². The molecule has 0 aliphatic heterocycles. The summed E-state index contributed by atoms with van der Waals surface area (Å²) in [6.07, 6.45) is -2.06. The van der Waals surface area contributed by atoms with Gasteiger partial charge in [-0.05, 0) is 80.6 Å². The highest BCUT2D eigenvalue weighted by Gasteiger charge is 2.31. The van der Waals surface area contributed by atoms with Crippen LogP contribution < -0.4 is 10.1 Å². The van der Waals surface area contributed by atoms with Gasteiger partial charge in [-0.25, -0.2) is 4.79 Å². The smallest absolute Gasteiger partial charge is 0.416 e. The van der Waals surface area contributed by atoms with Crippen molar-refractivity contribution >= 4 is 22.0 Å². The van der Waals surface area contributed by atoms with Gasteiger partial charge < -0.3 is 14.8 Å². The summed E-state index contributed by atoms with van der Waals surface area (Å²) in [6, 6.07) is 3.37. The summed E-state index contributed by atoms with van der Waals surface area (Å²) in [5.74, 6) is 0.390. The van der Waals surface area contributed by atoms with Crippen molar-refractivity contribution in [3.63, 3.8) is 0 Å². The Morgan fingerprint density at radius 1 is 1.15 bits per heavy atom. The first-order valence-electron chi connectivity index (χ1n) is 8.47. The van der Waals surface area contributed by atoms with Crippen molar-refractivity contribution in [3.05, 3.63) is 28.2 Å². The van der Waals surface area contributed by atoms with Crippen molar-refractivity contribution in [1.29, 1.82) is 0 Å². The molecule has 26 heavy (non-hydrogen) atoms. The highest BCUT2D eigenvalue weighted by atomic mass is 79.9. The summed E-state index contributed by atoms with van der Waals surface area (Å²) in [7, 11) is 0. The lowest BCUT2D eigenvalue weighted by Crippen LogP contribution is -2.42. The van der Waals surface area contributed by atoms with Crippen LogP contribution in [0.4, 0.5) is 18.0 Å². The second-order valence-electron chi connectivity index (χ2n) is 7.38. The van der Waals surface area contributed by atoms with E-state index >= 15 is 0 Å². The van der Waals surface area contributed by atoms with Gasteiger partial charge in [0.15, 0.2) is 0 Å². The van der Waals surface area contributed by atoms with Crippen LogP contribution in [0.2, 0.25) is 0 Å². The van der Waals surface area contributed by atoms with Crippen molar-refractivity contribution in [2.24, 2.45) is 0 Å². The third kappa shape index (κ3) is 6.37. The largest absolute Gasteiger partial charge is 0.489 e. The van der Waals surface area contributed by atoms with Crippen LogP contribution in [0.3, 0.4) is 0 Å². The molecule has 1 aromatic rings. The molecule has 1 N–H and O–H groups in total. The molecule has 2 rings (SSSR count). The zero-order valence-electron chi connectivity index (χ0n) is 15.0. The Morgan fingerprint density at radius 3 is 2.27 bits per heavy atom. The van der Waals surface area contributed by atoms with E-state index in [0.717, 1.165) is 25.0 Å². The highest BCUT2D eigenvalue weighted by Crippen LogP contribution is 2.36. The van der Waals surface area contributed by atoms with Crippen LogP contribution >= 0.6 is 15.9 Å². The summed E-state index contributed by atoms with van der Waals surface area (Å²) >= 11 is 3.14. The molecule has 0 bridgehead atoms. The number of rotatable bonds is 3. The summed E-state index contributed by atoms with van der Waals surface area (Å²) in [5.41, 5.74) is -1.26. The van der Waals surface area contributed by atoms with E-state index in [1.54, 1.807) is 20.8 Å². The molecule has 146 valence electrons. The third-order valence-corrected chi connectivity index (χ3v) is 4.57. The number of benzene rings is 1. The summed E-state index contributed by atoms with van der Waals surface area (Å²) < 4.78 is 49.5. The number of amides is 1. The summed E-state index contributed by atoms with van der Waals surface area (Å²) in [6.45, 7) is 5.41. The van der Waals surface area contributed by atoms with Gasteiger partial charge >= 0.3 is 12.3 Å². The number of alkyl halides is 3. The van der Waals surface area contributed by atoms with E-state index in [-0.39, 0.29) is 16.6 Å². The number of carbonyl (C=O) groups excluding carboxylic acids is 1. The summed E-state index contributed by atoms with van der Waals surface area (Å²) in [5, 5.41) is 2.84. The van der Waals surface area contributed by atoms with Crippen LogP contribution in [0.25, 0.3) is 0 Å². The maximum atomic E-state index is 12.7. The fourth-order valence-corrected chi connectivity index (χ4v) is 3.22. The Kier molecular flexibility index (Phi) is 6.47. The van der Waals surface area contributed by atoms with Crippen LogP contribution in [0.1, 0.15) is 52.0 Å². The molecule has 0 atom stereocenters. The van der Waals surface area contributed by atoms with E-state index in [1.165, 1.54) is 6.07 Å². The van der Waals surface area contributed by atoms with Crippen LogP contribution in [0.5, 0.6) is 5.75 Å². The van der Waals surface area contributed by atoms with Gasteiger partial charge in [0, 0.05) is 6.04 Å². The molecule has 0 saturated heterocycles. The molecule has 0 radical (unpaired) electrons. The Balaban J connectivity index is 1.84. The first-order chi connectivity index (χ1) is 11.9. The van der Waals surface area contributed by atoms with E-state index in [2.05, 4.69) is 21.2 Å². The van der Waals surface area contributed by atoms with Crippen LogP contribution in [0, 0.1) is 0 Å². The minimum Gasteiger partial charge on any atom is -0.489 e. The number of nitrogens with one attached hydrogen (secondary N) is 1. The molecule has 0 aromatic heterocycles. The average Bonchev–Trinajstić information content (AvgIpc) is 2.48. The number of alkyl carbamates (subject to hydrolysis) is 1. The minimum atomic E-state index is -4.38. The van der Waals surface area contributed by atoms with E-state index in [0.29, 0.717) is 18.6 Å². The first-order valence-corrected chi connectivity index (χ1v) is 9.26.